The largest absolute Gasteiger partial charge is 0.497 e. The Morgan fingerprint density at radius 1 is 1.06 bits per heavy atom. The molecule has 3 heterocycles. The molecule has 1 saturated carbocycles. The molecule has 0 bridgehead atoms. The van der Waals surface area contributed by atoms with Crippen molar-refractivity contribution in [2.45, 2.75) is 38.1 Å². The number of H-pyrrole nitrogens is 1. The molecule has 1 aromatic heterocycles. The number of methoxy groups -OCH3 is 2. The number of Topliss-reactive ketones (excluding diaryl/α,β-unsaturated/α-hetero) is 1. The highest BCUT2D eigenvalue weighted by molar-refractivity contribution is 6.00. The van der Waals surface area contributed by atoms with Crippen LogP contribution < -0.4 is 9.47 Å². The van der Waals surface area contributed by atoms with E-state index in [0.29, 0.717) is 18.3 Å². The number of nitrogens with zero attached hydrogens (tertiary/aromatic N) is 1. The van der Waals surface area contributed by atoms with Crippen LogP contribution in [0.4, 0.5) is 0 Å². The van der Waals surface area contributed by atoms with E-state index in [4.69, 9.17) is 9.47 Å². The Hall–Kier alpha value is -3.05. The molecule has 3 atom stereocenters. The average molecular weight is 457 g/mol. The molecule has 0 amide bonds. The first-order valence-electron chi connectivity index (χ1n) is 12.3. The van der Waals surface area contributed by atoms with Crippen molar-refractivity contribution >= 4 is 22.8 Å². The summed E-state index contributed by atoms with van der Waals surface area (Å²) in [6.45, 7) is 4.51. The molecule has 6 rings (SSSR count). The fraction of sp³-hybridized carbons (Fsp3) is 0.414. The van der Waals surface area contributed by atoms with E-state index in [1.807, 2.05) is 24.3 Å². The van der Waals surface area contributed by atoms with Crippen LogP contribution in [-0.4, -0.2) is 43.0 Å². The van der Waals surface area contributed by atoms with Crippen molar-refractivity contribution in [3.63, 3.8) is 0 Å². The van der Waals surface area contributed by atoms with Gasteiger partial charge in [-0.15, -0.1) is 0 Å². The van der Waals surface area contributed by atoms with Crippen molar-refractivity contribution in [1.82, 2.24) is 9.88 Å². The fourth-order valence-electron chi connectivity index (χ4n) is 6.69. The van der Waals surface area contributed by atoms with Gasteiger partial charge in [0.15, 0.2) is 5.78 Å². The Morgan fingerprint density at radius 3 is 2.59 bits per heavy atom. The van der Waals surface area contributed by atoms with E-state index in [-0.39, 0.29) is 11.3 Å². The van der Waals surface area contributed by atoms with E-state index in [9.17, 15) is 4.79 Å². The molecule has 0 radical (unpaired) electrons. The van der Waals surface area contributed by atoms with Crippen LogP contribution in [0.25, 0.3) is 17.0 Å². The van der Waals surface area contributed by atoms with Crippen molar-refractivity contribution in [2.75, 3.05) is 27.3 Å². The maximum atomic E-state index is 13.3. The number of allylic oxidation sites excluding steroid dienone is 1. The molecule has 2 fully saturated rings. The van der Waals surface area contributed by atoms with Gasteiger partial charge in [0.2, 0.25) is 0 Å². The third-order valence-corrected chi connectivity index (χ3v) is 8.47. The van der Waals surface area contributed by atoms with Crippen molar-refractivity contribution < 1.29 is 14.3 Å². The van der Waals surface area contributed by atoms with Gasteiger partial charge in [-0.05, 0) is 79.0 Å². The van der Waals surface area contributed by atoms with Crippen LogP contribution in [0.5, 0.6) is 11.5 Å². The zero-order valence-electron chi connectivity index (χ0n) is 20.2. The highest BCUT2D eigenvalue weighted by atomic mass is 16.5. The van der Waals surface area contributed by atoms with Crippen LogP contribution in [0.3, 0.4) is 0 Å². The number of aromatic amines is 1. The lowest BCUT2D eigenvalue weighted by atomic mass is 9.65. The minimum Gasteiger partial charge on any atom is -0.497 e. The summed E-state index contributed by atoms with van der Waals surface area (Å²) < 4.78 is 10.8. The first kappa shape index (κ1) is 21.5. The number of ketones is 1. The van der Waals surface area contributed by atoms with Crippen molar-refractivity contribution in [1.29, 1.82) is 0 Å². The third-order valence-electron chi connectivity index (χ3n) is 8.47. The van der Waals surface area contributed by atoms with Gasteiger partial charge in [0, 0.05) is 42.2 Å². The van der Waals surface area contributed by atoms with Gasteiger partial charge in [-0.1, -0.05) is 18.2 Å². The number of hydrogen-bond donors (Lipinski definition) is 1. The quantitative estimate of drug-likeness (QED) is 0.541. The van der Waals surface area contributed by atoms with Crippen LogP contribution in [0.15, 0.2) is 48.0 Å². The highest BCUT2D eigenvalue weighted by Gasteiger charge is 2.49. The number of hydrogen-bond acceptors (Lipinski definition) is 4. The Balaban J connectivity index is 1.29. The number of nitrogens with one attached hydrogen (secondary N) is 1. The number of rotatable bonds is 3. The zero-order chi connectivity index (χ0) is 23.4. The second kappa shape index (κ2) is 8.02. The molecule has 3 aromatic rings. The predicted molar refractivity (Wildman–Crippen MR) is 134 cm³/mol. The molecule has 2 aromatic carbocycles. The maximum Gasteiger partial charge on any atom is 0.159 e. The summed E-state index contributed by atoms with van der Waals surface area (Å²) in [6.07, 6.45) is 5.64. The molecule has 1 saturated heterocycles. The summed E-state index contributed by atoms with van der Waals surface area (Å²) in [4.78, 5) is 19.7. The Kier molecular flexibility index (Phi) is 5.07. The minimum absolute atomic E-state index is 0.0323. The van der Waals surface area contributed by atoms with Gasteiger partial charge >= 0.3 is 0 Å². The molecule has 3 unspecified atom stereocenters. The van der Waals surface area contributed by atoms with Crippen LogP contribution in [0.1, 0.15) is 43.0 Å². The monoisotopic (exact) mass is 456 g/mol. The molecule has 1 N–H and O–H groups in total. The van der Waals surface area contributed by atoms with Gasteiger partial charge in [0.05, 0.1) is 19.8 Å². The number of fused-ring (bicyclic) bond motifs is 6. The first-order chi connectivity index (χ1) is 16.5. The highest BCUT2D eigenvalue weighted by Crippen LogP contribution is 2.50. The van der Waals surface area contributed by atoms with E-state index in [1.54, 1.807) is 14.2 Å². The summed E-state index contributed by atoms with van der Waals surface area (Å²) in [6, 6.07) is 14.5. The van der Waals surface area contributed by atoms with Crippen molar-refractivity contribution in [2.24, 2.45) is 11.8 Å². The van der Waals surface area contributed by atoms with Gasteiger partial charge < -0.3 is 14.5 Å². The van der Waals surface area contributed by atoms with Gasteiger partial charge in [-0.2, -0.15) is 0 Å². The summed E-state index contributed by atoms with van der Waals surface area (Å²) in [5.74, 6) is 2.69. The maximum absolute atomic E-state index is 13.3. The van der Waals surface area contributed by atoms with Crippen molar-refractivity contribution in [3.05, 3.63) is 64.9 Å². The molecule has 1 aliphatic carbocycles. The van der Waals surface area contributed by atoms with Gasteiger partial charge in [0.1, 0.15) is 11.5 Å². The molecule has 34 heavy (non-hydrogen) atoms. The summed E-state index contributed by atoms with van der Waals surface area (Å²) in [5.41, 5.74) is 5.94. The molecule has 5 heteroatoms. The standard InChI is InChI=1S/C29H32N2O3/c1-29-16-20-14-27(32)19(10-18-11-22(33-2)15-23(12-18)34-3)13-21(20)17-31(29)9-8-25-24-6-4-5-7-26(24)30-28(25)29/h4-7,10-12,15,20-21,30H,8-9,13-14,16-17H2,1-3H3/b19-10+. The third kappa shape index (κ3) is 3.37. The molecule has 2 aliphatic heterocycles. The second-order valence-electron chi connectivity index (χ2n) is 10.4. The smallest absolute Gasteiger partial charge is 0.159 e. The lowest BCUT2D eigenvalue weighted by Gasteiger charge is -2.54. The van der Waals surface area contributed by atoms with E-state index in [2.05, 4.69) is 41.1 Å². The molecule has 0 spiro atoms. The Bertz CT molecular complexity index is 1280. The number of carbonyl (C=O) groups excluding carboxylic acids is 1. The number of benzene rings is 2. The normalized spacial score (nSPS) is 27.9. The molecule has 3 aliphatic rings. The van der Waals surface area contributed by atoms with E-state index < -0.39 is 0 Å². The Labute approximate surface area is 200 Å². The van der Waals surface area contributed by atoms with Crippen LogP contribution >= 0.6 is 0 Å². The fourth-order valence-corrected chi connectivity index (χ4v) is 6.69. The first-order valence-corrected chi connectivity index (χ1v) is 12.3. The average Bonchev–Trinajstić information content (AvgIpc) is 3.23. The van der Waals surface area contributed by atoms with E-state index in [0.717, 1.165) is 55.0 Å². The van der Waals surface area contributed by atoms with Crippen molar-refractivity contribution in [3.8, 4) is 11.5 Å². The second-order valence-corrected chi connectivity index (χ2v) is 10.4. The van der Waals surface area contributed by atoms with E-state index >= 15 is 0 Å². The SMILES string of the molecule is COc1cc(/C=C2\CC3CN4CCc5c([nH]c6ccccc56)C4(C)CC3CC2=O)cc(OC)c1. The van der Waals surface area contributed by atoms with Gasteiger partial charge in [-0.25, -0.2) is 0 Å². The van der Waals surface area contributed by atoms with Crippen LogP contribution in [0, 0.1) is 11.8 Å². The molecular weight excluding hydrogens is 424 g/mol. The predicted octanol–water partition coefficient (Wildman–Crippen LogP) is 5.34. The number of piperidine rings is 1. The van der Waals surface area contributed by atoms with E-state index in [1.165, 1.54) is 22.2 Å². The van der Waals surface area contributed by atoms with Crippen LogP contribution in [-0.2, 0) is 16.8 Å². The van der Waals surface area contributed by atoms with Gasteiger partial charge in [-0.3, -0.25) is 9.69 Å². The lowest BCUT2D eigenvalue weighted by molar-refractivity contribution is -0.121. The summed E-state index contributed by atoms with van der Waals surface area (Å²) in [7, 11) is 3.30. The molecular formula is C29H32N2O3. The summed E-state index contributed by atoms with van der Waals surface area (Å²) in [5, 5.41) is 1.36. The number of carbonyl (C=O) groups is 1. The zero-order valence-corrected chi connectivity index (χ0v) is 20.2. The number of ether oxygens (including phenoxy) is 2. The molecule has 5 nitrogen and oxygen atoms in total. The number of aromatic nitrogens is 1. The minimum atomic E-state index is -0.0323. The topological polar surface area (TPSA) is 54.6 Å². The number of para-hydroxylation sites is 1. The Morgan fingerprint density at radius 2 is 1.82 bits per heavy atom. The molecule has 176 valence electrons. The van der Waals surface area contributed by atoms with Crippen LogP contribution in [0.2, 0.25) is 0 Å². The summed E-state index contributed by atoms with van der Waals surface area (Å²) >= 11 is 0. The lowest BCUT2D eigenvalue weighted by Crippen LogP contribution is -2.57. The van der Waals surface area contributed by atoms with Gasteiger partial charge in [0.25, 0.3) is 0 Å².